The highest BCUT2D eigenvalue weighted by atomic mass is 16.6. The molecule has 0 spiro atoms. The molecule has 1 aliphatic rings. The highest BCUT2D eigenvalue weighted by molar-refractivity contribution is 6.05. The summed E-state index contributed by atoms with van der Waals surface area (Å²) in [7, 11) is 1.55. The van der Waals surface area contributed by atoms with Gasteiger partial charge in [0.1, 0.15) is 17.9 Å². The first kappa shape index (κ1) is 27.6. The zero-order chi connectivity index (χ0) is 27.3. The van der Waals surface area contributed by atoms with Crippen LogP contribution in [0.25, 0.3) is 21.8 Å². The molecule has 0 saturated heterocycles. The van der Waals surface area contributed by atoms with Gasteiger partial charge < -0.3 is 20.1 Å². The molecule has 206 valence electrons. The zero-order valence-corrected chi connectivity index (χ0v) is 22.8. The predicted molar refractivity (Wildman–Crippen MR) is 146 cm³/mol. The number of H-pyrrole nitrogens is 1. The van der Waals surface area contributed by atoms with E-state index < -0.39 is 11.6 Å². The second-order valence-electron chi connectivity index (χ2n) is 11.1. The molecule has 0 aliphatic heterocycles. The van der Waals surface area contributed by atoms with Crippen LogP contribution in [0.2, 0.25) is 0 Å². The molecule has 1 amide bonds. The lowest BCUT2D eigenvalue weighted by molar-refractivity contribution is -0.155. The number of rotatable bonds is 10. The summed E-state index contributed by atoms with van der Waals surface area (Å²) in [6.07, 6.45) is 7.96. The van der Waals surface area contributed by atoms with Crippen LogP contribution in [0.4, 0.5) is 0 Å². The number of ether oxygens (including phenoxy) is 2. The van der Waals surface area contributed by atoms with E-state index >= 15 is 0 Å². The van der Waals surface area contributed by atoms with Crippen LogP contribution >= 0.6 is 0 Å². The monoisotopic (exact) mass is 525 g/mol. The third kappa shape index (κ3) is 6.72. The van der Waals surface area contributed by atoms with Crippen molar-refractivity contribution in [3.05, 3.63) is 34.2 Å². The van der Waals surface area contributed by atoms with Crippen molar-refractivity contribution in [1.82, 2.24) is 25.4 Å². The lowest BCUT2D eigenvalue weighted by Gasteiger charge is -2.22. The number of hydrogen-bond acceptors (Lipinski definition) is 7. The Bertz CT molecular complexity index is 1350. The number of fused-ring (bicyclic) bond motifs is 3. The first-order chi connectivity index (χ1) is 18.2. The summed E-state index contributed by atoms with van der Waals surface area (Å²) in [6.45, 7) is 7.20. The molecule has 0 atom stereocenters. The van der Waals surface area contributed by atoms with E-state index in [1.54, 1.807) is 40.0 Å². The molecule has 38 heavy (non-hydrogen) atoms. The molecular formula is C28H39N5O5. The van der Waals surface area contributed by atoms with Crippen molar-refractivity contribution >= 4 is 33.7 Å². The van der Waals surface area contributed by atoms with Crippen molar-refractivity contribution in [3.63, 3.8) is 0 Å². The van der Waals surface area contributed by atoms with Crippen molar-refractivity contribution in [1.29, 1.82) is 0 Å². The number of pyridine rings is 1. The van der Waals surface area contributed by atoms with Crippen LogP contribution in [0.1, 0.15) is 58.4 Å². The molecule has 0 radical (unpaired) electrons. The molecule has 3 N–H and O–H groups in total. The number of nitrogens with one attached hydrogen (secondary N) is 3. The number of hydrogen-bond donors (Lipinski definition) is 3. The molecular weight excluding hydrogens is 486 g/mol. The van der Waals surface area contributed by atoms with Gasteiger partial charge in [-0.2, -0.15) is 5.10 Å². The molecule has 2 aromatic heterocycles. The fourth-order valence-corrected chi connectivity index (χ4v) is 5.20. The van der Waals surface area contributed by atoms with Gasteiger partial charge in [0, 0.05) is 18.5 Å². The topological polar surface area (TPSA) is 127 Å². The van der Waals surface area contributed by atoms with E-state index in [0.717, 1.165) is 12.5 Å². The Hall–Kier alpha value is -3.40. The van der Waals surface area contributed by atoms with Crippen LogP contribution in [0.5, 0.6) is 5.75 Å². The van der Waals surface area contributed by atoms with Gasteiger partial charge in [-0.3, -0.25) is 24.0 Å². The Kier molecular flexibility index (Phi) is 8.71. The van der Waals surface area contributed by atoms with E-state index in [1.165, 1.54) is 42.9 Å². The number of aromatic nitrogens is 3. The number of carbonyl (C=O) groups excluding carboxylic acids is 2. The summed E-state index contributed by atoms with van der Waals surface area (Å²) in [5.41, 5.74) is 0.490. The summed E-state index contributed by atoms with van der Waals surface area (Å²) < 4.78 is 12.4. The van der Waals surface area contributed by atoms with Crippen LogP contribution in [0, 0.1) is 5.92 Å². The van der Waals surface area contributed by atoms with Crippen LogP contribution in [-0.2, 0) is 27.3 Å². The lowest BCUT2D eigenvalue weighted by Crippen LogP contribution is -2.35. The Morgan fingerprint density at radius 1 is 1.13 bits per heavy atom. The number of nitrogens with zero attached hydrogens (tertiary/aromatic N) is 2. The number of benzene rings is 1. The van der Waals surface area contributed by atoms with E-state index in [9.17, 15) is 14.4 Å². The first-order valence-corrected chi connectivity index (χ1v) is 13.4. The minimum absolute atomic E-state index is 0.0176. The van der Waals surface area contributed by atoms with Gasteiger partial charge >= 0.3 is 5.97 Å². The molecule has 10 heteroatoms. The third-order valence-corrected chi connectivity index (χ3v) is 6.89. The molecule has 2 heterocycles. The number of esters is 1. The number of carbonyl (C=O) groups is 2. The van der Waals surface area contributed by atoms with Crippen LogP contribution in [0.15, 0.2) is 23.1 Å². The maximum absolute atomic E-state index is 13.4. The molecule has 1 aliphatic carbocycles. The lowest BCUT2D eigenvalue weighted by atomic mass is 9.89. The Labute approximate surface area is 222 Å². The van der Waals surface area contributed by atoms with E-state index in [2.05, 4.69) is 20.8 Å². The van der Waals surface area contributed by atoms with Crippen molar-refractivity contribution in [3.8, 4) is 5.75 Å². The molecule has 1 saturated carbocycles. The van der Waals surface area contributed by atoms with Crippen molar-refractivity contribution in [2.75, 3.05) is 26.7 Å². The largest absolute Gasteiger partial charge is 0.497 e. The number of amides is 1. The average molecular weight is 526 g/mol. The molecule has 0 bridgehead atoms. The standard InChI is InChI=1S/C28H39N5O5/c1-28(2,3)38-24(35)17-33-26-19(13-23(34)30-11-10-29-15-18-8-6-5-7-9-18)12-20(37-4)14-21(26)25-22(27(33)36)16-31-32-25/h12,14,16,18,29H,5-11,13,15,17H2,1-4H3,(H,30,34)(H,31,32). The molecule has 4 rings (SSSR count). The zero-order valence-electron chi connectivity index (χ0n) is 22.8. The minimum Gasteiger partial charge on any atom is -0.497 e. The predicted octanol–water partition coefficient (Wildman–Crippen LogP) is 3.06. The van der Waals surface area contributed by atoms with Gasteiger partial charge in [-0.15, -0.1) is 0 Å². The summed E-state index contributed by atoms with van der Waals surface area (Å²) in [5, 5.41) is 14.3. The van der Waals surface area contributed by atoms with Crippen molar-refractivity contribution in [2.45, 2.75) is 71.4 Å². The third-order valence-electron chi connectivity index (χ3n) is 6.89. The minimum atomic E-state index is -0.701. The molecule has 3 aromatic rings. The SMILES string of the molecule is COc1cc(CC(=O)NCCNCC2CCCCC2)c2c(c1)c1[nH]ncc1c(=O)n2CC(=O)OC(C)(C)C. The van der Waals surface area contributed by atoms with Gasteiger partial charge in [0.2, 0.25) is 5.91 Å². The molecule has 10 nitrogen and oxygen atoms in total. The van der Waals surface area contributed by atoms with E-state index in [4.69, 9.17) is 9.47 Å². The van der Waals surface area contributed by atoms with Gasteiger partial charge in [-0.05, 0) is 63.8 Å². The second-order valence-corrected chi connectivity index (χ2v) is 11.1. The Balaban J connectivity index is 1.57. The van der Waals surface area contributed by atoms with Crippen molar-refractivity contribution < 1.29 is 19.1 Å². The normalized spacial score (nSPS) is 14.6. The van der Waals surface area contributed by atoms with Gasteiger partial charge in [-0.25, -0.2) is 0 Å². The molecule has 1 fully saturated rings. The van der Waals surface area contributed by atoms with Gasteiger partial charge in [0.25, 0.3) is 5.56 Å². The fourth-order valence-electron chi connectivity index (χ4n) is 5.20. The summed E-state index contributed by atoms with van der Waals surface area (Å²) in [5.74, 6) is 0.537. The summed E-state index contributed by atoms with van der Waals surface area (Å²) >= 11 is 0. The summed E-state index contributed by atoms with van der Waals surface area (Å²) in [4.78, 5) is 39.1. The van der Waals surface area contributed by atoms with E-state index in [0.29, 0.717) is 46.2 Å². The Morgan fingerprint density at radius 2 is 1.89 bits per heavy atom. The number of aromatic amines is 1. The van der Waals surface area contributed by atoms with E-state index in [1.807, 2.05) is 0 Å². The molecule has 1 aromatic carbocycles. The maximum Gasteiger partial charge on any atom is 0.326 e. The second kappa shape index (κ2) is 12.0. The fraction of sp³-hybridized carbons (Fsp3) is 0.571. The van der Waals surface area contributed by atoms with Crippen LogP contribution in [-0.4, -0.2) is 59.0 Å². The van der Waals surface area contributed by atoms with Gasteiger partial charge in [0.05, 0.1) is 36.1 Å². The quantitative estimate of drug-likeness (QED) is 0.274. The highest BCUT2D eigenvalue weighted by Crippen LogP contribution is 2.30. The maximum atomic E-state index is 13.4. The number of methoxy groups -OCH3 is 1. The Morgan fingerprint density at radius 3 is 2.61 bits per heavy atom. The van der Waals surface area contributed by atoms with Crippen molar-refractivity contribution in [2.24, 2.45) is 5.92 Å². The molecule has 0 unspecified atom stereocenters. The first-order valence-electron chi connectivity index (χ1n) is 13.4. The summed E-state index contributed by atoms with van der Waals surface area (Å²) in [6, 6.07) is 3.51. The van der Waals surface area contributed by atoms with E-state index in [-0.39, 0.29) is 24.4 Å². The van der Waals surface area contributed by atoms with Crippen LogP contribution in [0.3, 0.4) is 0 Å². The smallest absolute Gasteiger partial charge is 0.326 e. The highest BCUT2D eigenvalue weighted by Gasteiger charge is 2.23. The van der Waals surface area contributed by atoms with Gasteiger partial charge in [-0.1, -0.05) is 19.3 Å². The van der Waals surface area contributed by atoms with Crippen LogP contribution < -0.4 is 20.9 Å². The van der Waals surface area contributed by atoms with Gasteiger partial charge in [0.15, 0.2) is 0 Å². The average Bonchev–Trinajstić information content (AvgIpc) is 3.36.